The Bertz CT molecular complexity index is 430. The Kier molecular flexibility index (Phi) is 3.50. The fourth-order valence-electron chi connectivity index (χ4n) is 1.30. The van der Waals surface area contributed by atoms with Crippen molar-refractivity contribution in [2.75, 3.05) is 19.0 Å². The predicted molar refractivity (Wildman–Crippen MR) is 56.0 cm³/mol. The van der Waals surface area contributed by atoms with Gasteiger partial charge in [0.05, 0.1) is 5.56 Å². The molecule has 0 spiro atoms. The number of amides is 1. The molecule has 0 aliphatic carbocycles. The lowest BCUT2D eigenvalue weighted by Crippen LogP contribution is -2.20. The monoisotopic (exact) mass is 248 g/mol. The molecule has 7 heteroatoms. The summed E-state index contributed by atoms with van der Waals surface area (Å²) < 4.78 is 39.7. The van der Waals surface area contributed by atoms with Gasteiger partial charge in [-0.05, 0) is 18.2 Å². The fraction of sp³-hybridized carbons (Fsp3) is 0.300. The summed E-state index contributed by atoms with van der Waals surface area (Å²) in [7, 11) is 3.29. The van der Waals surface area contributed by atoms with Crippen molar-refractivity contribution in [2.45, 2.75) is 6.36 Å². The van der Waals surface area contributed by atoms with Crippen molar-refractivity contribution in [1.29, 1.82) is 0 Å². The van der Waals surface area contributed by atoms with Gasteiger partial charge >= 0.3 is 6.36 Å². The van der Waals surface area contributed by atoms with Gasteiger partial charge in [0.2, 0.25) is 0 Å². The Hall–Kier alpha value is -1.92. The zero-order valence-electron chi connectivity index (χ0n) is 9.21. The highest BCUT2D eigenvalue weighted by molar-refractivity contribution is 5.99. The third-order valence-corrected chi connectivity index (χ3v) is 1.95. The van der Waals surface area contributed by atoms with Crippen molar-refractivity contribution < 1.29 is 22.7 Å². The maximum Gasteiger partial charge on any atom is 0.573 e. The molecular weight excluding hydrogens is 237 g/mol. The molecule has 0 heterocycles. The Morgan fingerprint density at radius 3 is 2.35 bits per heavy atom. The number of primary amides is 1. The number of nitrogens with two attached hydrogens (primary N) is 1. The quantitative estimate of drug-likeness (QED) is 0.886. The highest BCUT2D eigenvalue weighted by atomic mass is 19.4. The van der Waals surface area contributed by atoms with Crippen LogP contribution in [-0.2, 0) is 0 Å². The topological polar surface area (TPSA) is 55.6 Å². The Morgan fingerprint density at radius 2 is 1.94 bits per heavy atom. The van der Waals surface area contributed by atoms with E-state index in [0.717, 1.165) is 12.1 Å². The zero-order chi connectivity index (χ0) is 13.2. The molecular formula is C10H11F3N2O2. The van der Waals surface area contributed by atoms with Gasteiger partial charge in [-0.3, -0.25) is 4.79 Å². The lowest BCUT2D eigenvalue weighted by Gasteiger charge is -2.17. The van der Waals surface area contributed by atoms with Crippen LogP contribution >= 0.6 is 0 Å². The van der Waals surface area contributed by atoms with Crippen LogP contribution in [0.3, 0.4) is 0 Å². The maximum absolute atomic E-state index is 12.0. The third kappa shape index (κ3) is 3.54. The molecule has 0 atom stereocenters. The number of alkyl halides is 3. The first-order valence-electron chi connectivity index (χ1n) is 4.57. The third-order valence-electron chi connectivity index (χ3n) is 1.95. The van der Waals surface area contributed by atoms with Gasteiger partial charge in [0.1, 0.15) is 5.75 Å². The van der Waals surface area contributed by atoms with Gasteiger partial charge in [-0.15, -0.1) is 13.2 Å². The van der Waals surface area contributed by atoms with E-state index in [9.17, 15) is 18.0 Å². The molecule has 17 heavy (non-hydrogen) atoms. The molecule has 2 N–H and O–H groups in total. The van der Waals surface area contributed by atoms with Crippen molar-refractivity contribution in [1.82, 2.24) is 0 Å². The number of hydrogen-bond donors (Lipinski definition) is 1. The Morgan fingerprint density at radius 1 is 1.35 bits per heavy atom. The van der Waals surface area contributed by atoms with Gasteiger partial charge in [-0.2, -0.15) is 0 Å². The summed E-state index contributed by atoms with van der Waals surface area (Å²) in [5, 5.41) is 0. The van der Waals surface area contributed by atoms with Crippen LogP contribution in [0.5, 0.6) is 5.75 Å². The average Bonchev–Trinajstić information content (AvgIpc) is 2.14. The number of rotatable bonds is 3. The minimum absolute atomic E-state index is 0.0308. The largest absolute Gasteiger partial charge is 0.573 e. The summed E-state index contributed by atoms with van der Waals surface area (Å²) in [5.41, 5.74) is 5.47. The van der Waals surface area contributed by atoms with E-state index in [0.29, 0.717) is 5.69 Å². The van der Waals surface area contributed by atoms with Crippen LogP contribution in [0.4, 0.5) is 18.9 Å². The zero-order valence-corrected chi connectivity index (χ0v) is 9.21. The molecule has 0 aliphatic heterocycles. The highest BCUT2D eigenvalue weighted by Gasteiger charge is 2.31. The second kappa shape index (κ2) is 4.52. The van der Waals surface area contributed by atoms with Gasteiger partial charge in [-0.1, -0.05) is 0 Å². The molecule has 0 aromatic heterocycles. The molecule has 1 amide bonds. The lowest BCUT2D eigenvalue weighted by molar-refractivity contribution is -0.274. The second-order valence-electron chi connectivity index (χ2n) is 3.49. The van der Waals surface area contributed by atoms with E-state index in [4.69, 9.17) is 5.73 Å². The van der Waals surface area contributed by atoms with Crippen LogP contribution in [0.2, 0.25) is 0 Å². The van der Waals surface area contributed by atoms with Gasteiger partial charge in [0.25, 0.3) is 5.91 Å². The first kappa shape index (κ1) is 13.1. The van der Waals surface area contributed by atoms with Crippen molar-refractivity contribution in [2.24, 2.45) is 5.73 Å². The summed E-state index contributed by atoms with van der Waals surface area (Å²) in [6.45, 7) is 0. The normalized spacial score (nSPS) is 11.1. The smallest absolute Gasteiger partial charge is 0.406 e. The highest BCUT2D eigenvalue weighted by Crippen LogP contribution is 2.28. The molecule has 1 rings (SSSR count). The van der Waals surface area contributed by atoms with Crippen LogP contribution in [0.15, 0.2) is 18.2 Å². The van der Waals surface area contributed by atoms with E-state index in [-0.39, 0.29) is 5.56 Å². The van der Waals surface area contributed by atoms with E-state index < -0.39 is 18.0 Å². The van der Waals surface area contributed by atoms with E-state index in [1.807, 2.05) is 0 Å². The number of nitrogens with zero attached hydrogens (tertiary/aromatic N) is 1. The van der Waals surface area contributed by atoms with Crippen LogP contribution in [0.1, 0.15) is 10.4 Å². The van der Waals surface area contributed by atoms with Crippen molar-refractivity contribution in [3.63, 3.8) is 0 Å². The summed E-state index contributed by atoms with van der Waals surface area (Å²) in [4.78, 5) is 12.7. The maximum atomic E-state index is 12.0. The number of halogens is 3. The summed E-state index contributed by atoms with van der Waals surface area (Å²) in [6.07, 6.45) is -4.80. The SMILES string of the molecule is CN(C)c1ccc(OC(F)(F)F)cc1C(N)=O. The minimum Gasteiger partial charge on any atom is -0.406 e. The number of carbonyl (C=O) groups is 1. The number of ether oxygens (including phenoxy) is 1. The van der Waals surface area contributed by atoms with Crippen LogP contribution in [0, 0.1) is 0 Å². The molecule has 0 unspecified atom stereocenters. The molecule has 0 saturated heterocycles. The molecule has 0 radical (unpaired) electrons. The average molecular weight is 248 g/mol. The molecule has 0 saturated carbocycles. The minimum atomic E-state index is -4.80. The van der Waals surface area contributed by atoms with Crippen molar-refractivity contribution in [3.05, 3.63) is 23.8 Å². The van der Waals surface area contributed by atoms with E-state index >= 15 is 0 Å². The van der Waals surface area contributed by atoms with E-state index in [1.54, 1.807) is 19.0 Å². The number of anilines is 1. The van der Waals surface area contributed by atoms with Crippen LogP contribution in [-0.4, -0.2) is 26.4 Å². The summed E-state index contributed by atoms with van der Waals surface area (Å²) >= 11 is 0. The second-order valence-corrected chi connectivity index (χ2v) is 3.49. The van der Waals surface area contributed by atoms with Crippen molar-refractivity contribution >= 4 is 11.6 Å². The number of benzene rings is 1. The fourth-order valence-corrected chi connectivity index (χ4v) is 1.30. The molecule has 1 aromatic carbocycles. The lowest BCUT2D eigenvalue weighted by atomic mass is 10.1. The van der Waals surface area contributed by atoms with E-state index in [1.165, 1.54) is 6.07 Å². The molecule has 1 aromatic rings. The molecule has 0 aliphatic rings. The van der Waals surface area contributed by atoms with Gasteiger partial charge in [0, 0.05) is 19.8 Å². The Balaban J connectivity index is 3.15. The first-order chi connectivity index (χ1) is 7.70. The molecule has 0 bridgehead atoms. The summed E-state index contributed by atoms with van der Waals surface area (Å²) in [5.74, 6) is -1.29. The summed E-state index contributed by atoms with van der Waals surface area (Å²) in [6, 6.07) is 3.42. The molecule has 0 fully saturated rings. The van der Waals surface area contributed by atoms with Gasteiger partial charge in [0.15, 0.2) is 0 Å². The van der Waals surface area contributed by atoms with Gasteiger partial charge < -0.3 is 15.4 Å². The number of hydrogen-bond acceptors (Lipinski definition) is 3. The molecule has 94 valence electrons. The van der Waals surface area contributed by atoms with Crippen molar-refractivity contribution in [3.8, 4) is 5.75 Å². The van der Waals surface area contributed by atoms with E-state index in [2.05, 4.69) is 4.74 Å². The predicted octanol–water partition coefficient (Wildman–Crippen LogP) is 1.75. The number of carbonyl (C=O) groups excluding carboxylic acids is 1. The molecule has 4 nitrogen and oxygen atoms in total. The standard InChI is InChI=1S/C10H11F3N2O2/c1-15(2)8-4-3-6(17-10(11,12)13)5-7(8)9(14)16/h3-5H,1-2H3,(H2,14,16). The van der Waals surface area contributed by atoms with Gasteiger partial charge in [-0.25, -0.2) is 0 Å². The van der Waals surface area contributed by atoms with Crippen LogP contribution in [0.25, 0.3) is 0 Å². The first-order valence-corrected chi connectivity index (χ1v) is 4.57. The van der Waals surface area contributed by atoms with Crippen LogP contribution < -0.4 is 15.4 Å². The Labute approximate surface area is 95.8 Å².